The third-order valence-electron chi connectivity index (χ3n) is 3.25. The van der Waals surface area contributed by atoms with Crippen molar-refractivity contribution < 1.29 is 4.74 Å². The minimum atomic E-state index is 0.00421. The fraction of sp³-hybridized carbons (Fsp3) is 0.833. The molecule has 0 aliphatic carbocycles. The number of halogens is 1. The molecule has 0 spiro atoms. The van der Waals surface area contributed by atoms with Crippen LogP contribution in [-0.2, 0) is 15.6 Å². The number of hydrogen-bond donors (Lipinski definition) is 0. The Balaban J connectivity index is 2.44. The Hall–Kier alpha value is -0.420. The Bertz CT molecular complexity index is 397. The van der Waals surface area contributed by atoms with Crippen LogP contribution in [0, 0.1) is 0 Å². The Morgan fingerprint density at radius 2 is 2.12 bits per heavy atom. The zero-order valence-electron chi connectivity index (χ0n) is 10.9. The molecule has 1 aromatic rings. The van der Waals surface area contributed by atoms with Crippen LogP contribution in [0.15, 0.2) is 0 Å². The molecule has 1 fully saturated rings. The topological polar surface area (TPSA) is 39.9 Å². The van der Waals surface area contributed by atoms with Crippen LogP contribution in [0.3, 0.4) is 0 Å². The van der Waals surface area contributed by atoms with Crippen LogP contribution >= 0.6 is 15.9 Å². The Kier molecular flexibility index (Phi) is 3.59. The first kappa shape index (κ1) is 13.0. The molecule has 0 saturated carbocycles. The summed E-state index contributed by atoms with van der Waals surface area (Å²) in [5.41, 5.74) is 0.00421. The van der Waals surface area contributed by atoms with Crippen LogP contribution in [0.2, 0.25) is 0 Å². The molecule has 1 aromatic heterocycles. The van der Waals surface area contributed by atoms with Crippen LogP contribution < -0.4 is 0 Å². The molecular weight excluding hydrogens is 282 g/mol. The van der Waals surface area contributed by atoms with Crippen molar-refractivity contribution in [3.05, 3.63) is 11.6 Å². The molecule has 17 heavy (non-hydrogen) atoms. The van der Waals surface area contributed by atoms with E-state index in [1.165, 1.54) is 0 Å². The normalized spacial score (nSPS) is 25.5. The quantitative estimate of drug-likeness (QED) is 0.789. The Morgan fingerprint density at radius 1 is 1.41 bits per heavy atom. The van der Waals surface area contributed by atoms with Crippen molar-refractivity contribution in [3.63, 3.8) is 0 Å². The number of nitrogens with zero attached hydrogens (tertiary/aromatic N) is 3. The molecule has 0 radical (unpaired) electrons. The molecule has 1 aliphatic rings. The van der Waals surface area contributed by atoms with Gasteiger partial charge in [-0.3, -0.25) is 0 Å². The molecule has 5 heteroatoms. The first-order valence-electron chi connectivity index (χ1n) is 6.07. The van der Waals surface area contributed by atoms with E-state index in [0.717, 1.165) is 30.0 Å². The fourth-order valence-corrected chi connectivity index (χ4v) is 2.82. The lowest BCUT2D eigenvalue weighted by atomic mass is 9.99. The minimum Gasteiger partial charge on any atom is -0.378 e. The first-order chi connectivity index (χ1) is 7.95. The highest BCUT2D eigenvalue weighted by Gasteiger charge is 2.33. The summed E-state index contributed by atoms with van der Waals surface area (Å²) in [6.07, 6.45) is 1.28. The molecule has 2 rings (SSSR count). The smallest absolute Gasteiger partial charge is 0.144 e. The number of ether oxygens (including phenoxy) is 1. The molecule has 2 unspecified atom stereocenters. The van der Waals surface area contributed by atoms with Crippen molar-refractivity contribution >= 4 is 15.9 Å². The van der Waals surface area contributed by atoms with Crippen molar-refractivity contribution in [2.75, 3.05) is 6.61 Å². The molecule has 4 nitrogen and oxygen atoms in total. The Labute approximate surface area is 111 Å². The first-order valence-corrected chi connectivity index (χ1v) is 7.19. The molecule has 0 aromatic carbocycles. The highest BCUT2D eigenvalue weighted by atomic mass is 79.9. The van der Waals surface area contributed by atoms with Crippen molar-refractivity contribution in [2.45, 2.75) is 57.0 Å². The zero-order chi connectivity index (χ0) is 12.6. The maximum absolute atomic E-state index is 5.64. The molecule has 1 aliphatic heterocycles. The van der Waals surface area contributed by atoms with Crippen molar-refractivity contribution in [3.8, 4) is 0 Å². The second-order valence-corrected chi connectivity index (χ2v) is 6.15. The van der Waals surface area contributed by atoms with Crippen molar-refractivity contribution in [2.24, 2.45) is 0 Å². The van der Waals surface area contributed by atoms with Crippen LogP contribution in [0.25, 0.3) is 0 Å². The predicted octanol–water partition coefficient (Wildman–Crippen LogP) is 2.82. The van der Waals surface area contributed by atoms with Gasteiger partial charge in [0.25, 0.3) is 0 Å². The summed E-state index contributed by atoms with van der Waals surface area (Å²) in [6, 6.07) is 0. The molecule has 2 heterocycles. The van der Waals surface area contributed by atoms with E-state index in [0.29, 0.717) is 5.92 Å². The van der Waals surface area contributed by atoms with Crippen LogP contribution in [0.1, 0.15) is 51.7 Å². The molecule has 0 amide bonds. The van der Waals surface area contributed by atoms with Gasteiger partial charge in [0, 0.05) is 18.1 Å². The summed E-state index contributed by atoms with van der Waals surface area (Å²) in [5, 5.41) is 9.41. The maximum Gasteiger partial charge on any atom is 0.144 e. The third kappa shape index (κ3) is 2.40. The SMILES string of the molecule is CC1OCCC1c1nnc(CBr)n1C(C)(C)C. The second-order valence-electron chi connectivity index (χ2n) is 5.59. The summed E-state index contributed by atoms with van der Waals surface area (Å²) >= 11 is 3.48. The van der Waals surface area contributed by atoms with E-state index in [1.807, 2.05) is 0 Å². The molecule has 2 atom stereocenters. The molecule has 0 bridgehead atoms. The predicted molar refractivity (Wildman–Crippen MR) is 70.4 cm³/mol. The lowest BCUT2D eigenvalue weighted by Gasteiger charge is -2.27. The van der Waals surface area contributed by atoms with Gasteiger partial charge in [0.2, 0.25) is 0 Å². The van der Waals surface area contributed by atoms with Crippen molar-refractivity contribution in [1.29, 1.82) is 0 Å². The zero-order valence-corrected chi connectivity index (χ0v) is 12.5. The third-order valence-corrected chi connectivity index (χ3v) is 3.75. The van der Waals surface area contributed by atoms with E-state index in [2.05, 4.69) is 58.4 Å². The fourth-order valence-electron chi connectivity index (χ4n) is 2.46. The van der Waals surface area contributed by atoms with E-state index in [4.69, 9.17) is 4.74 Å². The summed E-state index contributed by atoms with van der Waals surface area (Å²) in [4.78, 5) is 0. The van der Waals surface area contributed by atoms with E-state index >= 15 is 0 Å². The van der Waals surface area contributed by atoms with Gasteiger partial charge < -0.3 is 9.30 Å². The lowest BCUT2D eigenvalue weighted by molar-refractivity contribution is 0.116. The van der Waals surface area contributed by atoms with E-state index in [9.17, 15) is 0 Å². The second kappa shape index (κ2) is 4.69. The van der Waals surface area contributed by atoms with Gasteiger partial charge in [-0.1, -0.05) is 15.9 Å². The van der Waals surface area contributed by atoms with Gasteiger partial charge in [0.05, 0.1) is 11.4 Å². The highest BCUT2D eigenvalue weighted by molar-refractivity contribution is 9.08. The summed E-state index contributed by atoms with van der Waals surface area (Å²) < 4.78 is 7.89. The Morgan fingerprint density at radius 3 is 2.59 bits per heavy atom. The monoisotopic (exact) mass is 301 g/mol. The van der Waals surface area contributed by atoms with Gasteiger partial charge in [-0.25, -0.2) is 0 Å². The van der Waals surface area contributed by atoms with Crippen LogP contribution in [0.4, 0.5) is 0 Å². The molecule has 1 saturated heterocycles. The van der Waals surface area contributed by atoms with Crippen LogP contribution in [-0.4, -0.2) is 27.5 Å². The van der Waals surface area contributed by atoms with Crippen molar-refractivity contribution in [1.82, 2.24) is 14.8 Å². The molecular formula is C12H20BrN3O. The van der Waals surface area contributed by atoms with E-state index in [-0.39, 0.29) is 11.6 Å². The number of aromatic nitrogens is 3. The van der Waals surface area contributed by atoms with Crippen LogP contribution in [0.5, 0.6) is 0 Å². The summed E-state index contributed by atoms with van der Waals surface area (Å²) in [6.45, 7) is 9.51. The highest BCUT2D eigenvalue weighted by Crippen LogP contribution is 2.33. The summed E-state index contributed by atoms with van der Waals surface area (Å²) in [7, 11) is 0. The molecule has 96 valence electrons. The number of rotatable bonds is 2. The van der Waals surface area contributed by atoms with E-state index < -0.39 is 0 Å². The van der Waals surface area contributed by atoms with Gasteiger partial charge in [-0.05, 0) is 34.1 Å². The molecule has 0 N–H and O–H groups in total. The van der Waals surface area contributed by atoms with Gasteiger partial charge in [0.1, 0.15) is 11.6 Å². The average molecular weight is 302 g/mol. The van der Waals surface area contributed by atoms with Gasteiger partial charge in [-0.15, -0.1) is 10.2 Å². The van der Waals surface area contributed by atoms with E-state index in [1.54, 1.807) is 0 Å². The van der Waals surface area contributed by atoms with Gasteiger partial charge in [-0.2, -0.15) is 0 Å². The summed E-state index contributed by atoms with van der Waals surface area (Å²) in [5.74, 6) is 2.43. The van der Waals surface area contributed by atoms with Gasteiger partial charge in [0.15, 0.2) is 0 Å². The largest absolute Gasteiger partial charge is 0.378 e. The number of hydrogen-bond acceptors (Lipinski definition) is 3. The minimum absolute atomic E-state index is 0.00421. The standard InChI is InChI=1S/C12H20BrN3O/c1-8-9(5-6-17-8)11-15-14-10(7-13)16(11)12(2,3)4/h8-9H,5-7H2,1-4H3. The maximum atomic E-state index is 5.64. The lowest BCUT2D eigenvalue weighted by Crippen LogP contribution is -2.28. The average Bonchev–Trinajstić information content (AvgIpc) is 2.81. The number of alkyl halides is 1. The van der Waals surface area contributed by atoms with Gasteiger partial charge >= 0.3 is 0 Å².